The summed E-state index contributed by atoms with van der Waals surface area (Å²) in [6.07, 6.45) is 3.19. The summed E-state index contributed by atoms with van der Waals surface area (Å²) in [5.41, 5.74) is 3.43. The van der Waals surface area contributed by atoms with Crippen LogP contribution in [-0.4, -0.2) is 11.7 Å². The summed E-state index contributed by atoms with van der Waals surface area (Å²) < 4.78 is 0. The third-order valence-corrected chi connectivity index (χ3v) is 6.80. The minimum absolute atomic E-state index is 0.0767. The van der Waals surface area contributed by atoms with Crippen molar-refractivity contribution in [2.45, 2.75) is 45.6 Å². The van der Waals surface area contributed by atoms with Crippen molar-refractivity contribution in [2.75, 3.05) is 10.2 Å². The van der Waals surface area contributed by atoms with Crippen molar-refractivity contribution in [3.8, 4) is 0 Å². The first-order valence-electron chi connectivity index (χ1n) is 9.93. The number of amides is 1. The van der Waals surface area contributed by atoms with E-state index in [0.29, 0.717) is 6.42 Å². The predicted molar refractivity (Wildman–Crippen MR) is 112 cm³/mol. The number of allylic oxidation sites excluding steroid dienone is 1. The molecule has 3 aliphatic rings. The third kappa shape index (κ3) is 2.89. The highest BCUT2D eigenvalue weighted by Gasteiger charge is 2.46. The van der Waals surface area contributed by atoms with Crippen LogP contribution in [0.25, 0.3) is 0 Å². The topological polar surface area (TPSA) is 49.4 Å². The van der Waals surface area contributed by atoms with Gasteiger partial charge in [-0.1, -0.05) is 32.0 Å². The fourth-order valence-electron chi connectivity index (χ4n) is 4.47. The Morgan fingerprint density at radius 2 is 1.93 bits per heavy atom. The van der Waals surface area contributed by atoms with E-state index in [9.17, 15) is 9.59 Å². The molecular formula is C23H24N2O2S. The van der Waals surface area contributed by atoms with Gasteiger partial charge in [-0.3, -0.25) is 14.5 Å². The maximum atomic E-state index is 13.5. The Hall–Kier alpha value is -2.40. The average Bonchev–Trinajstić information content (AvgIpc) is 3.37. The minimum Gasteiger partial charge on any atom is -0.357 e. The van der Waals surface area contributed by atoms with Gasteiger partial charge in [0.25, 0.3) is 0 Å². The van der Waals surface area contributed by atoms with E-state index < -0.39 is 0 Å². The van der Waals surface area contributed by atoms with E-state index in [1.54, 1.807) is 11.3 Å². The summed E-state index contributed by atoms with van der Waals surface area (Å²) in [5.74, 6) is 0.366. The highest BCUT2D eigenvalue weighted by atomic mass is 32.1. The molecule has 144 valence electrons. The Morgan fingerprint density at radius 3 is 2.64 bits per heavy atom. The molecule has 0 spiro atoms. The number of thiophene rings is 1. The van der Waals surface area contributed by atoms with Gasteiger partial charge in [0.1, 0.15) is 6.04 Å². The van der Waals surface area contributed by atoms with Crippen molar-refractivity contribution in [3.05, 3.63) is 57.9 Å². The average molecular weight is 393 g/mol. The van der Waals surface area contributed by atoms with Crippen LogP contribution >= 0.6 is 11.3 Å². The number of fused-ring (bicyclic) bond motifs is 1. The Morgan fingerprint density at radius 1 is 1.14 bits per heavy atom. The molecule has 1 aromatic heterocycles. The molecule has 1 N–H and O–H groups in total. The van der Waals surface area contributed by atoms with Gasteiger partial charge in [-0.25, -0.2) is 0 Å². The van der Waals surface area contributed by atoms with E-state index in [0.717, 1.165) is 46.8 Å². The molecule has 1 saturated carbocycles. The highest BCUT2D eigenvalue weighted by Crippen LogP contribution is 2.50. The molecule has 2 aromatic rings. The van der Waals surface area contributed by atoms with Crippen LogP contribution in [0.15, 0.2) is 53.0 Å². The maximum absolute atomic E-state index is 13.5. The Balaban J connectivity index is 1.76. The molecule has 2 aliphatic carbocycles. The van der Waals surface area contributed by atoms with Gasteiger partial charge in [-0.05, 0) is 48.3 Å². The zero-order valence-corrected chi connectivity index (χ0v) is 17.0. The number of para-hydroxylation sites is 2. The van der Waals surface area contributed by atoms with Gasteiger partial charge in [-0.2, -0.15) is 0 Å². The normalized spacial score (nSPS) is 23.6. The van der Waals surface area contributed by atoms with Crippen molar-refractivity contribution in [1.29, 1.82) is 0 Å². The second-order valence-corrected chi connectivity index (χ2v) is 9.86. The molecule has 28 heavy (non-hydrogen) atoms. The van der Waals surface area contributed by atoms with Crippen LogP contribution in [0.4, 0.5) is 11.4 Å². The first-order valence-corrected chi connectivity index (χ1v) is 10.8. The Kier molecular flexibility index (Phi) is 3.98. The van der Waals surface area contributed by atoms with E-state index in [-0.39, 0.29) is 29.1 Å². The molecule has 4 nitrogen and oxygen atoms in total. The summed E-state index contributed by atoms with van der Waals surface area (Å²) in [5, 5.41) is 5.58. The Labute approximate surface area is 169 Å². The van der Waals surface area contributed by atoms with Crippen molar-refractivity contribution < 1.29 is 9.59 Å². The van der Waals surface area contributed by atoms with Crippen LogP contribution in [0.1, 0.15) is 50.4 Å². The summed E-state index contributed by atoms with van der Waals surface area (Å²) in [4.78, 5) is 29.8. The number of benzene rings is 1. The second-order valence-electron chi connectivity index (χ2n) is 8.88. The fraction of sp³-hybridized carbons (Fsp3) is 0.391. The van der Waals surface area contributed by atoms with Gasteiger partial charge in [-0.15, -0.1) is 11.3 Å². The number of nitrogens with zero attached hydrogens (tertiary/aromatic N) is 1. The molecule has 5 rings (SSSR count). The molecule has 1 atom stereocenters. The Bertz CT molecular complexity index is 986. The molecule has 1 amide bonds. The van der Waals surface area contributed by atoms with Crippen molar-refractivity contribution in [3.63, 3.8) is 0 Å². The molecule has 1 unspecified atom stereocenters. The zero-order valence-electron chi connectivity index (χ0n) is 16.2. The third-order valence-electron chi connectivity index (χ3n) is 5.88. The molecule has 1 aliphatic heterocycles. The van der Waals surface area contributed by atoms with Gasteiger partial charge in [0.15, 0.2) is 5.78 Å². The van der Waals surface area contributed by atoms with E-state index in [1.165, 1.54) is 0 Å². The number of hydrogen-bond donors (Lipinski definition) is 1. The highest BCUT2D eigenvalue weighted by molar-refractivity contribution is 7.10. The van der Waals surface area contributed by atoms with E-state index in [4.69, 9.17) is 0 Å². The van der Waals surface area contributed by atoms with Crippen LogP contribution in [0.2, 0.25) is 0 Å². The molecule has 0 radical (unpaired) electrons. The molecule has 2 heterocycles. The van der Waals surface area contributed by atoms with Gasteiger partial charge < -0.3 is 5.32 Å². The van der Waals surface area contributed by atoms with Crippen LogP contribution in [0, 0.1) is 11.3 Å². The molecule has 5 heteroatoms. The molecule has 1 fully saturated rings. The number of Topliss-reactive ketones (excluding diaryl/α,β-unsaturated/α-hetero) is 1. The van der Waals surface area contributed by atoms with Crippen molar-refractivity contribution in [2.24, 2.45) is 11.3 Å². The van der Waals surface area contributed by atoms with E-state index in [1.807, 2.05) is 46.7 Å². The molecule has 0 bridgehead atoms. The minimum atomic E-state index is -0.345. The van der Waals surface area contributed by atoms with Crippen molar-refractivity contribution in [1.82, 2.24) is 0 Å². The monoisotopic (exact) mass is 392 g/mol. The summed E-state index contributed by atoms with van der Waals surface area (Å²) in [7, 11) is 0. The van der Waals surface area contributed by atoms with Crippen LogP contribution in [0.5, 0.6) is 0 Å². The number of ketones is 1. The van der Waals surface area contributed by atoms with Gasteiger partial charge in [0.05, 0.1) is 11.4 Å². The molecular weight excluding hydrogens is 368 g/mol. The second kappa shape index (κ2) is 6.31. The lowest BCUT2D eigenvalue weighted by Gasteiger charge is -2.36. The quantitative estimate of drug-likeness (QED) is 0.754. The number of carbonyl (C=O) groups excluding carboxylic acids is 2. The summed E-state index contributed by atoms with van der Waals surface area (Å²) >= 11 is 1.62. The lowest BCUT2D eigenvalue weighted by atomic mass is 9.74. The van der Waals surface area contributed by atoms with E-state index >= 15 is 0 Å². The number of hydrogen-bond acceptors (Lipinski definition) is 4. The van der Waals surface area contributed by atoms with Gasteiger partial charge >= 0.3 is 0 Å². The number of rotatable bonds is 2. The molecule has 1 aromatic carbocycles. The number of anilines is 2. The summed E-state index contributed by atoms with van der Waals surface area (Å²) in [6.45, 7) is 4.28. The zero-order chi connectivity index (χ0) is 19.5. The van der Waals surface area contributed by atoms with Gasteiger partial charge in [0, 0.05) is 28.5 Å². The lowest BCUT2D eigenvalue weighted by molar-refractivity contribution is -0.120. The first kappa shape index (κ1) is 17.7. The van der Waals surface area contributed by atoms with Crippen molar-refractivity contribution >= 4 is 34.4 Å². The van der Waals surface area contributed by atoms with E-state index in [2.05, 4.69) is 19.2 Å². The first-order chi connectivity index (χ1) is 13.4. The fourth-order valence-corrected chi connectivity index (χ4v) is 5.30. The van der Waals surface area contributed by atoms with Crippen LogP contribution in [0.3, 0.4) is 0 Å². The SMILES string of the molecule is CC1(C)CC(=O)C2=C(C1)Nc1ccccc1N(C(=O)C1CC1)C2c1cccs1. The van der Waals surface area contributed by atoms with Crippen LogP contribution < -0.4 is 10.2 Å². The standard InChI is InChI=1S/C23H24N2O2S/c1-23(2)12-16-20(18(26)13-23)21(19-8-5-11-28-19)25(22(27)14-9-10-14)17-7-4-3-6-15(17)24-16/h3-8,11,14,21,24H,9-10,12-13H2,1-2H3. The van der Waals surface area contributed by atoms with Gasteiger partial charge in [0.2, 0.25) is 5.91 Å². The number of carbonyl (C=O) groups is 2. The van der Waals surface area contributed by atoms with Crippen LogP contribution in [-0.2, 0) is 9.59 Å². The summed E-state index contributed by atoms with van der Waals surface area (Å²) in [6, 6.07) is 11.7. The maximum Gasteiger partial charge on any atom is 0.231 e. The smallest absolute Gasteiger partial charge is 0.231 e. The lowest BCUT2D eigenvalue weighted by Crippen LogP contribution is -2.39. The predicted octanol–water partition coefficient (Wildman–Crippen LogP) is 5.30. The largest absolute Gasteiger partial charge is 0.357 e. The molecule has 0 saturated heterocycles. The number of nitrogens with one attached hydrogen (secondary N) is 1.